The monoisotopic (exact) mass is 376 g/mol. The van der Waals surface area contributed by atoms with E-state index >= 15 is 0 Å². The molecule has 0 saturated carbocycles. The molecule has 144 valence electrons. The van der Waals surface area contributed by atoms with Gasteiger partial charge in [0, 0.05) is 45.8 Å². The van der Waals surface area contributed by atoms with Gasteiger partial charge in [0.1, 0.15) is 5.69 Å². The molecule has 9 heteroatoms. The van der Waals surface area contributed by atoms with Crippen LogP contribution in [0.15, 0.2) is 24.4 Å². The Balaban J connectivity index is 1.57. The highest BCUT2D eigenvalue weighted by atomic mass is 19.3. The lowest BCUT2D eigenvalue weighted by molar-refractivity contribution is -0.150. The van der Waals surface area contributed by atoms with Gasteiger partial charge in [0.25, 0.3) is 11.8 Å². The number of hydrogen-bond donors (Lipinski definition) is 0. The van der Waals surface area contributed by atoms with E-state index in [2.05, 4.69) is 15.3 Å². The van der Waals surface area contributed by atoms with Crippen molar-refractivity contribution in [3.05, 3.63) is 35.8 Å². The lowest BCUT2D eigenvalue weighted by atomic mass is 9.75. The second kappa shape index (κ2) is 6.24. The number of carbonyl (C=O) groups is 1. The van der Waals surface area contributed by atoms with Crippen molar-refractivity contribution in [1.29, 1.82) is 0 Å². The number of piperidine rings is 1. The SMILES string of the molecule is Cc1ccc(N2CCC3(CN(C(=O)c4ccnn4C)CCC3(F)F)C2)nn1. The maximum Gasteiger partial charge on any atom is 0.272 e. The zero-order valence-corrected chi connectivity index (χ0v) is 15.4. The number of aromatic nitrogens is 4. The molecular weight excluding hydrogens is 354 g/mol. The van der Waals surface area contributed by atoms with Gasteiger partial charge in [-0.1, -0.05) is 0 Å². The van der Waals surface area contributed by atoms with Gasteiger partial charge in [-0.25, -0.2) is 8.78 Å². The minimum atomic E-state index is -2.83. The van der Waals surface area contributed by atoms with Crippen molar-refractivity contribution >= 4 is 11.7 Å². The van der Waals surface area contributed by atoms with Crippen molar-refractivity contribution in [2.45, 2.75) is 25.7 Å². The number of likely N-dealkylation sites (tertiary alicyclic amines) is 1. The number of hydrogen-bond acceptors (Lipinski definition) is 5. The molecule has 0 radical (unpaired) electrons. The number of halogens is 2. The molecule has 0 aromatic carbocycles. The molecule has 1 spiro atoms. The van der Waals surface area contributed by atoms with Crippen LogP contribution in [0.25, 0.3) is 0 Å². The van der Waals surface area contributed by atoms with Crippen LogP contribution in [-0.2, 0) is 7.05 Å². The first-order valence-electron chi connectivity index (χ1n) is 9.02. The third-order valence-electron chi connectivity index (χ3n) is 5.75. The molecule has 4 rings (SSSR count). The molecule has 2 fully saturated rings. The highest BCUT2D eigenvalue weighted by Gasteiger charge is 2.60. The molecule has 2 aliphatic rings. The van der Waals surface area contributed by atoms with E-state index in [-0.39, 0.29) is 32.0 Å². The molecule has 1 unspecified atom stereocenters. The van der Waals surface area contributed by atoms with Gasteiger partial charge in [-0.2, -0.15) is 10.2 Å². The maximum absolute atomic E-state index is 15.0. The Hall–Kier alpha value is -2.58. The van der Waals surface area contributed by atoms with E-state index in [1.165, 1.54) is 10.9 Å². The molecular formula is C18H22F2N6O. The van der Waals surface area contributed by atoms with Gasteiger partial charge in [-0.15, -0.1) is 5.10 Å². The minimum absolute atomic E-state index is 0.0276. The fraction of sp³-hybridized carbons (Fsp3) is 0.556. The Morgan fingerprint density at radius 3 is 2.59 bits per heavy atom. The molecule has 2 aromatic heterocycles. The van der Waals surface area contributed by atoms with Crippen molar-refractivity contribution in [1.82, 2.24) is 24.9 Å². The van der Waals surface area contributed by atoms with Gasteiger partial charge in [0.15, 0.2) is 5.82 Å². The Labute approximate surface area is 156 Å². The van der Waals surface area contributed by atoms with E-state index in [1.807, 2.05) is 17.9 Å². The average molecular weight is 376 g/mol. The average Bonchev–Trinajstić information content (AvgIpc) is 3.25. The Bertz CT molecular complexity index is 852. The summed E-state index contributed by atoms with van der Waals surface area (Å²) in [6.45, 7) is 2.54. The summed E-state index contributed by atoms with van der Waals surface area (Å²) in [6.07, 6.45) is 1.52. The predicted molar refractivity (Wildman–Crippen MR) is 94.7 cm³/mol. The van der Waals surface area contributed by atoms with Crippen LogP contribution >= 0.6 is 0 Å². The first kappa shape index (κ1) is 17.8. The summed E-state index contributed by atoms with van der Waals surface area (Å²) in [6, 6.07) is 5.25. The standard InChI is InChI=1S/C18H22F2N6O/c1-13-3-4-15(23-22-13)25-9-6-17(11-25)12-26(10-7-18(17,19)20)16(27)14-5-8-21-24(14)2/h3-5,8H,6-7,9-12H2,1-2H3. The molecule has 0 aliphatic carbocycles. The quantitative estimate of drug-likeness (QED) is 0.801. The summed E-state index contributed by atoms with van der Waals surface area (Å²) in [7, 11) is 1.68. The maximum atomic E-state index is 15.0. The van der Waals surface area contributed by atoms with Crippen LogP contribution in [0.1, 0.15) is 29.0 Å². The van der Waals surface area contributed by atoms with E-state index in [0.717, 1.165) is 5.69 Å². The summed E-state index contributed by atoms with van der Waals surface area (Å²) in [5.41, 5.74) is -0.0790. The highest BCUT2D eigenvalue weighted by molar-refractivity contribution is 5.92. The second-order valence-corrected chi connectivity index (χ2v) is 7.51. The van der Waals surface area contributed by atoms with Crippen LogP contribution < -0.4 is 4.90 Å². The smallest absolute Gasteiger partial charge is 0.272 e. The zero-order valence-electron chi connectivity index (χ0n) is 15.4. The van der Waals surface area contributed by atoms with Gasteiger partial charge >= 0.3 is 0 Å². The number of anilines is 1. The van der Waals surface area contributed by atoms with Crippen LogP contribution in [0.2, 0.25) is 0 Å². The lowest BCUT2D eigenvalue weighted by Crippen LogP contribution is -2.58. The lowest BCUT2D eigenvalue weighted by Gasteiger charge is -2.45. The summed E-state index contributed by atoms with van der Waals surface area (Å²) in [5, 5.41) is 12.2. The molecule has 7 nitrogen and oxygen atoms in total. The Morgan fingerprint density at radius 1 is 1.11 bits per heavy atom. The van der Waals surface area contributed by atoms with Gasteiger partial charge < -0.3 is 9.80 Å². The third-order valence-corrected chi connectivity index (χ3v) is 5.75. The predicted octanol–water partition coefficient (Wildman–Crippen LogP) is 1.90. The molecule has 2 aliphatic heterocycles. The van der Waals surface area contributed by atoms with Crippen molar-refractivity contribution in [2.75, 3.05) is 31.1 Å². The first-order valence-corrected chi connectivity index (χ1v) is 9.02. The number of aryl methyl sites for hydroxylation is 2. The summed E-state index contributed by atoms with van der Waals surface area (Å²) >= 11 is 0. The van der Waals surface area contributed by atoms with Crippen molar-refractivity contribution < 1.29 is 13.6 Å². The van der Waals surface area contributed by atoms with E-state index in [9.17, 15) is 13.6 Å². The summed E-state index contributed by atoms with van der Waals surface area (Å²) in [5.74, 6) is -2.48. The molecule has 1 atom stereocenters. The van der Waals surface area contributed by atoms with E-state index in [1.54, 1.807) is 24.1 Å². The normalized spacial score (nSPS) is 24.6. The molecule has 4 heterocycles. The van der Waals surface area contributed by atoms with Crippen LogP contribution in [0.4, 0.5) is 14.6 Å². The molecule has 2 saturated heterocycles. The van der Waals surface area contributed by atoms with Crippen LogP contribution in [-0.4, -0.2) is 62.9 Å². The van der Waals surface area contributed by atoms with E-state index < -0.39 is 11.3 Å². The second-order valence-electron chi connectivity index (χ2n) is 7.51. The molecule has 27 heavy (non-hydrogen) atoms. The number of rotatable bonds is 2. The van der Waals surface area contributed by atoms with E-state index in [0.29, 0.717) is 24.5 Å². The summed E-state index contributed by atoms with van der Waals surface area (Å²) in [4.78, 5) is 16.2. The molecule has 2 aromatic rings. The third kappa shape index (κ3) is 2.94. The van der Waals surface area contributed by atoms with Crippen LogP contribution in [0, 0.1) is 12.3 Å². The Kier molecular flexibility index (Phi) is 4.12. The van der Waals surface area contributed by atoms with Crippen molar-refractivity contribution in [3.8, 4) is 0 Å². The van der Waals surface area contributed by atoms with Gasteiger partial charge in [-0.05, 0) is 31.5 Å². The van der Waals surface area contributed by atoms with E-state index in [4.69, 9.17) is 0 Å². The van der Waals surface area contributed by atoms with Gasteiger partial charge in [0.2, 0.25) is 0 Å². The van der Waals surface area contributed by atoms with Gasteiger partial charge in [-0.3, -0.25) is 9.48 Å². The molecule has 1 amide bonds. The minimum Gasteiger partial charge on any atom is -0.354 e. The molecule has 0 N–H and O–H groups in total. The number of nitrogens with zero attached hydrogens (tertiary/aromatic N) is 6. The summed E-state index contributed by atoms with van der Waals surface area (Å²) < 4.78 is 31.4. The topological polar surface area (TPSA) is 67.2 Å². The number of carbonyl (C=O) groups excluding carboxylic acids is 1. The fourth-order valence-corrected chi connectivity index (χ4v) is 4.08. The highest BCUT2D eigenvalue weighted by Crippen LogP contribution is 2.50. The first-order chi connectivity index (χ1) is 12.8. The number of amides is 1. The van der Waals surface area contributed by atoms with Crippen LogP contribution in [0.3, 0.4) is 0 Å². The number of alkyl halides is 2. The van der Waals surface area contributed by atoms with Gasteiger partial charge in [0.05, 0.1) is 11.1 Å². The zero-order chi connectivity index (χ0) is 19.2. The van der Waals surface area contributed by atoms with Crippen molar-refractivity contribution in [2.24, 2.45) is 12.5 Å². The largest absolute Gasteiger partial charge is 0.354 e. The van der Waals surface area contributed by atoms with Crippen molar-refractivity contribution in [3.63, 3.8) is 0 Å². The molecule has 0 bridgehead atoms. The van der Waals surface area contributed by atoms with Crippen LogP contribution in [0.5, 0.6) is 0 Å². The fourth-order valence-electron chi connectivity index (χ4n) is 4.08. The Morgan fingerprint density at radius 2 is 1.93 bits per heavy atom.